The fraction of sp³-hybridized carbons (Fsp3) is 0.600. The number of nitrogens with one attached hydrogen (secondary N) is 1. The molecule has 0 bridgehead atoms. The topological polar surface area (TPSA) is 30.5 Å². The predicted octanol–water partition coefficient (Wildman–Crippen LogP) is 2.35. The molecule has 2 rings (SSSR count). The highest BCUT2D eigenvalue weighted by Gasteiger charge is 2.16. The molecule has 0 aromatic heterocycles. The Bertz CT molecular complexity index is 384. The molecule has 1 atom stereocenters. The van der Waals surface area contributed by atoms with Crippen LogP contribution in [0.3, 0.4) is 0 Å². The number of ether oxygens (including phenoxy) is 2. The second-order valence-electron chi connectivity index (χ2n) is 5.16. The molecule has 0 aliphatic carbocycles. The Labute approximate surface area is 109 Å². The minimum atomic E-state index is 0.398. The molecule has 0 radical (unpaired) electrons. The van der Waals surface area contributed by atoms with E-state index >= 15 is 0 Å². The Morgan fingerprint density at radius 2 is 2.28 bits per heavy atom. The molecule has 1 aliphatic rings. The molecule has 0 amide bonds. The average molecular weight is 249 g/mol. The van der Waals surface area contributed by atoms with Crippen LogP contribution in [0.2, 0.25) is 0 Å². The van der Waals surface area contributed by atoms with Crippen LogP contribution >= 0.6 is 0 Å². The van der Waals surface area contributed by atoms with Crippen molar-refractivity contribution in [1.82, 2.24) is 5.32 Å². The summed E-state index contributed by atoms with van der Waals surface area (Å²) in [6, 6.07) is 6.89. The highest BCUT2D eigenvalue weighted by molar-refractivity contribution is 5.39. The number of benzene rings is 1. The Kier molecular flexibility index (Phi) is 4.61. The van der Waals surface area contributed by atoms with Crippen LogP contribution in [0.25, 0.3) is 0 Å². The fourth-order valence-corrected chi connectivity index (χ4v) is 2.33. The number of morpholine rings is 1. The molecule has 1 fully saturated rings. The maximum absolute atomic E-state index is 5.50. The molecule has 100 valence electrons. The van der Waals surface area contributed by atoms with Gasteiger partial charge in [-0.1, -0.05) is 26.0 Å². The zero-order valence-electron chi connectivity index (χ0n) is 11.5. The molecule has 3 nitrogen and oxygen atoms in total. The van der Waals surface area contributed by atoms with E-state index in [0.717, 1.165) is 31.9 Å². The Balaban J connectivity index is 2.15. The summed E-state index contributed by atoms with van der Waals surface area (Å²) in [6.07, 6.45) is 0.962. The van der Waals surface area contributed by atoms with Gasteiger partial charge in [0.15, 0.2) is 0 Å². The van der Waals surface area contributed by atoms with Gasteiger partial charge in [-0.25, -0.2) is 0 Å². The SMILES string of the molecule is COc1ccc(C(C)C)cc1CC1COCCN1. The predicted molar refractivity (Wildman–Crippen MR) is 73.4 cm³/mol. The summed E-state index contributed by atoms with van der Waals surface area (Å²) in [6.45, 7) is 6.98. The van der Waals surface area contributed by atoms with E-state index in [-0.39, 0.29) is 0 Å². The van der Waals surface area contributed by atoms with Crippen LogP contribution in [0.1, 0.15) is 30.9 Å². The van der Waals surface area contributed by atoms with E-state index in [1.54, 1.807) is 7.11 Å². The van der Waals surface area contributed by atoms with Crippen LogP contribution in [0, 0.1) is 0 Å². The monoisotopic (exact) mass is 249 g/mol. The first-order valence-electron chi connectivity index (χ1n) is 6.68. The van der Waals surface area contributed by atoms with Gasteiger partial charge in [-0.05, 0) is 29.5 Å². The lowest BCUT2D eigenvalue weighted by Crippen LogP contribution is -2.42. The van der Waals surface area contributed by atoms with E-state index in [4.69, 9.17) is 9.47 Å². The summed E-state index contributed by atoms with van der Waals surface area (Å²) in [5, 5.41) is 3.49. The van der Waals surface area contributed by atoms with Gasteiger partial charge in [0.1, 0.15) is 5.75 Å². The molecular formula is C15H23NO2. The van der Waals surface area contributed by atoms with E-state index in [2.05, 4.69) is 37.4 Å². The zero-order valence-corrected chi connectivity index (χ0v) is 11.5. The molecule has 1 aliphatic heterocycles. The lowest BCUT2D eigenvalue weighted by Gasteiger charge is -2.25. The summed E-state index contributed by atoms with van der Waals surface area (Å²) < 4.78 is 11.0. The van der Waals surface area contributed by atoms with E-state index in [1.807, 2.05) is 0 Å². The van der Waals surface area contributed by atoms with Gasteiger partial charge in [0.05, 0.1) is 20.3 Å². The summed E-state index contributed by atoms with van der Waals surface area (Å²) in [5.41, 5.74) is 2.63. The molecule has 1 N–H and O–H groups in total. The van der Waals surface area contributed by atoms with E-state index < -0.39 is 0 Å². The molecule has 1 aromatic carbocycles. The van der Waals surface area contributed by atoms with Crippen molar-refractivity contribution in [2.75, 3.05) is 26.9 Å². The summed E-state index contributed by atoms with van der Waals surface area (Å²) >= 11 is 0. The van der Waals surface area contributed by atoms with Gasteiger partial charge in [0.25, 0.3) is 0 Å². The van der Waals surface area contributed by atoms with Crippen molar-refractivity contribution in [2.24, 2.45) is 0 Å². The smallest absolute Gasteiger partial charge is 0.122 e. The van der Waals surface area contributed by atoms with Crippen molar-refractivity contribution in [1.29, 1.82) is 0 Å². The van der Waals surface area contributed by atoms with Gasteiger partial charge in [-0.15, -0.1) is 0 Å². The third-order valence-electron chi connectivity index (χ3n) is 3.44. The van der Waals surface area contributed by atoms with Crippen molar-refractivity contribution in [2.45, 2.75) is 32.2 Å². The van der Waals surface area contributed by atoms with Crippen LogP contribution in [0.4, 0.5) is 0 Å². The van der Waals surface area contributed by atoms with Crippen molar-refractivity contribution in [3.05, 3.63) is 29.3 Å². The van der Waals surface area contributed by atoms with Gasteiger partial charge >= 0.3 is 0 Å². The first-order chi connectivity index (χ1) is 8.70. The second kappa shape index (κ2) is 6.21. The van der Waals surface area contributed by atoms with Gasteiger partial charge in [0, 0.05) is 12.6 Å². The molecule has 1 unspecified atom stereocenters. The second-order valence-corrected chi connectivity index (χ2v) is 5.16. The highest BCUT2D eigenvalue weighted by atomic mass is 16.5. The number of hydrogen-bond acceptors (Lipinski definition) is 3. The maximum atomic E-state index is 5.50. The molecule has 1 heterocycles. The minimum Gasteiger partial charge on any atom is -0.496 e. The Hall–Kier alpha value is -1.06. The third-order valence-corrected chi connectivity index (χ3v) is 3.44. The normalized spacial score (nSPS) is 20.1. The summed E-state index contributed by atoms with van der Waals surface area (Å²) in [5.74, 6) is 1.52. The lowest BCUT2D eigenvalue weighted by atomic mass is 9.97. The van der Waals surface area contributed by atoms with Crippen LogP contribution < -0.4 is 10.1 Å². The quantitative estimate of drug-likeness (QED) is 0.888. The van der Waals surface area contributed by atoms with Gasteiger partial charge < -0.3 is 14.8 Å². The summed E-state index contributed by atoms with van der Waals surface area (Å²) in [4.78, 5) is 0. The molecular weight excluding hydrogens is 226 g/mol. The average Bonchev–Trinajstić information content (AvgIpc) is 2.39. The zero-order chi connectivity index (χ0) is 13.0. The Morgan fingerprint density at radius 3 is 2.89 bits per heavy atom. The first kappa shape index (κ1) is 13.4. The molecule has 0 saturated carbocycles. The van der Waals surface area contributed by atoms with Crippen molar-refractivity contribution in [3.63, 3.8) is 0 Å². The first-order valence-corrected chi connectivity index (χ1v) is 6.68. The largest absolute Gasteiger partial charge is 0.496 e. The van der Waals surface area contributed by atoms with Crippen LogP contribution in [-0.4, -0.2) is 32.9 Å². The van der Waals surface area contributed by atoms with Crippen molar-refractivity contribution in [3.8, 4) is 5.75 Å². The van der Waals surface area contributed by atoms with E-state index in [0.29, 0.717) is 12.0 Å². The van der Waals surface area contributed by atoms with Crippen LogP contribution in [-0.2, 0) is 11.2 Å². The van der Waals surface area contributed by atoms with Crippen molar-refractivity contribution < 1.29 is 9.47 Å². The minimum absolute atomic E-state index is 0.398. The lowest BCUT2D eigenvalue weighted by molar-refractivity contribution is 0.0768. The van der Waals surface area contributed by atoms with Crippen LogP contribution in [0.5, 0.6) is 5.75 Å². The fourth-order valence-electron chi connectivity index (χ4n) is 2.33. The molecule has 1 aromatic rings. The molecule has 1 saturated heterocycles. The Morgan fingerprint density at radius 1 is 1.44 bits per heavy atom. The molecule has 18 heavy (non-hydrogen) atoms. The molecule has 0 spiro atoms. The van der Waals surface area contributed by atoms with E-state index in [9.17, 15) is 0 Å². The molecule has 3 heteroatoms. The van der Waals surface area contributed by atoms with E-state index in [1.165, 1.54) is 11.1 Å². The standard InChI is InChI=1S/C15H23NO2/c1-11(2)12-4-5-15(17-3)13(8-12)9-14-10-18-7-6-16-14/h4-5,8,11,14,16H,6-7,9-10H2,1-3H3. The number of hydrogen-bond donors (Lipinski definition) is 1. The third kappa shape index (κ3) is 3.24. The van der Waals surface area contributed by atoms with Gasteiger partial charge in [0.2, 0.25) is 0 Å². The highest BCUT2D eigenvalue weighted by Crippen LogP contribution is 2.25. The van der Waals surface area contributed by atoms with Crippen LogP contribution in [0.15, 0.2) is 18.2 Å². The van der Waals surface area contributed by atoms with Crippen molar-refractivity contribution >= 4 is 0 Å². The number of rotatable bonds is 4. The maximum Gasteiger partial charge on any atom is 0.122 e. The van der Waals surface area contributed by atoms with Gasteiger partial charge in [-0.2, -0.15) is 0 Å². The van der Waals surface area contributed by atoms with Gasteiger partial charge in [-0.3, -0.25) is 0 Å². The number of methoxy groups -OCH3 is 1. The summed E-state index contributed by atoms with van der Waals surface area (Å²) in [7, 11) is 1.73.